The van der Waals surface area contributed by atoms with Crippen LogP contribution >= 0.6 is 0 Å². The van der Waals surface area contributed by atoms with Gasteiger partial charge in [-0.2, -0.15) is 0 Å². The number of carbonyl (C=O) groups is 1. The Morgan fingerprint density at radius 2 is 2.08 bits per heavy atom. The molecule has 0 spiro atoms. The number of carbonyl (C=O) groups excluding carboxylic acids is 1. The topological polar surface area (TPSA) is 61.3 Å². The van der Waals surface area contributed by atoms with E-state index >= 15 is 0 Å². The smallest absolute Gasteiger partial charge is 0.243 e. The van der Waals surface area contributed by atoms with Crippen molar-refractivity contribution in [2.24, 2.45) is 0 Å². The SMILES string of the molecule is COCC(=O)c1nccnc1OC. The van der Waals surface area contributed by atoms with Crippen molar-refractivity contribution in [2.75, 3.05) is 20.8 Å². The first-order valence-electron chi connectivity index (χ1n) is 3.66. The highest BCUT2D eigenvalue weighted by atomic mass is 16.5. The first kappa shape index (κ1) is 9.60. The monoisotopic (exact) mass is 182 g/mol. The molecule has 0 aliphatic heterocycles. The third-order valence-electron chi connectivity index (χ3n) is 1.40. The summed E-state index contributed by atoms with van der Waals surface area (Å²) in [6.07, 6.45) is 2.90. The molecule has 0 fully saturated rings. The second kappa shape index (κ2) is 4.51. The highest BCUT2D eigenvalue weighted by Crippen LogP contribution is 2.10. The number of ketones is 1. The van der Waals surface area contributed by atoms with Gasteiger partial charge in [0.05, 0.1) is 7.11 Å². The van der Waals surface area contributed by atoms with Crippen LogP contribution in [0.5, 0.6) is 5.88 Å². The van der Waals surface area contributed by atoms with Gasteiger partial charge in [-0.05, 0) is 0 Å². The van der Waals surface area contributed by atoms with Crippen molar-refractivity contribution in [1.82, 2.24) is 9.97 Å². The van der Waals surface area contributed by atoms with Gasteiger partial charge in [0.15, 0.2) is 5.69 Å². The van der Waals surface area contributed by atoms with Crippen molar-refractivity contribution >= 4 is 5.78 Å². The minimum Gasteiger partial charge on any atom is -0.479 e. The predicted octanol–water partition coefficient (Wildman–Crippen LogP) is 0.314. The molecule has 0 saturated carbocycles. The minimum absolute atomic E-state index is 0.0188. The molecule has 13 heavy (non-hydrogen) atoms. The Bertz CT molecular complexity index is 301. The van der Waals surface area contributed by atoms with Crippen molar-refractivity contribution in [3.63, 3.8) is 0 Å². The number of aromatic nitrogens is 2. The van der Waals surface area contributed by atoms with E-state index in [2.05, 4.69) is 14.7 Å². The van der Waals surface area contributed by atoms with Gasteiger partial charge in [0.25, 0.3) is 0 Å². The Morgan fingerprint density at radius 1 is 1.38 bits per heavy atom. The quantitative estimate of drug-likeness (QED) is 0.627. The van der Waals surface area contributed by atoms with Crippen molar-refractivity contribution in [3.8, 4) is 5.88 Å². The van der Waals surface area contributed by atoms with Crippen molar-refractivity contribution < 1.29 is 14.3 Å². The molecule has 0 aromatic carbocycles. The molecule has 0 unspecified atom stereocenters. The summed E-state index contributed by atoms with van der Waals surface area (Å²) in [7, 11) is 2.88. The minimum atomic E-state index is -0.243. The maximum Gasteiger partial charge on any atom is 0.243 e. The van der Waals surface area contributed by atoms with E-state index in [0.717, 1.165) is 0 Å². The summed E-state index contributed by atoms with van der Waals surface area (Å²) in [5.41, 5.74) is 0.201. The van der Waals surface area contributed by atoms with E-state index < -0.39 is 0 Å². The van der Waals surface area contributed by atoms with Crippen LogP contribution in [0.4, 0.5) is 0 Å². The third-order valence-corrected chi connectivity index (χ3v) is 1.40. The normalized spacial score (nSPS) is 9.69. The Balaban J connectivity index is 2.92. The van der Waals surface area contributed by atoms with Crippen molar-refractivity contribution in [2.45, 2.75) is 0 Å². The zero-order chi connectivity index (χ0) is 9.68. The first-order valence-corrected chi connectivity index (χ1v) is 3.66. The van der Waals surface area contributed by atoms with Crippen LogP contribution in [0.25, 0.3) is 0 Å². The molecule has 0 amide bonds. The fraction of sp³-hybridized carbons (Fsp3) is 0.375. The van der Waals surface area contributed by atoms with Crippen LogP contribution in [0, 0.1) is 0 Å². The Hall–Kier alpha value is -1.49. The molecular weight excluding hydrogens is 172 g/mol. The van der Waals surface area contributed by atoms with E-state index in [9.17, 15) is 4.79 Å². The zero-order valence-corrected chi connectivity index (χ0v) is 7.48. The summed E-state index contributed by atoms with van der Waals surface area (Å²) < 4.78 is 9.55. The average molecular weight is 182 g/mol. The maximum absolute atomic E-state index is 11.3. The van der Waals surface area contributed by atoms with E-state index in [-0.39, 0.29) is 24.0 Å². The van der Waals surface area contributed by atoms with Gasteiger partial charge in [0, 0.05) is 19.5 Å². The number of ether oxygens (including phenoxy) is 2. The second-order valence-electron chi connectivity index (χ2n) is 2.27. The lowest BCUT2D eigenvalue weighted by Crippen LogP contribution is -2.11. The van der Waals surface area contributed by atoms with Gasteiger partial charge in [-0.1, -0.05) is 0 Å². The number of rotatable bonds is 4. The lowest BCUT2D eigenvalue weighted by molar-refractivity contribution is 0.0838. The van der Waals surface area contributed by atoms with E-state index in [1.807, 2.05) is 0 Å². The standard InChI is InChI=1S/C8H10N2O3/c1-12-5-6(11)7-8(13-2)10-4-3-9-7/h3-4H,5H2,1-2H3. The van der Waals surface area contributed by atoms with E-state index in [0.29, 0.717) is 0 Å². The lowest BCUT2D eigenvalue weighted by Gasteiger charge is -2.03. The van der Waals surface area contributed by atoms with E-state index in [1.54, 1.807) is 0 Å². The summed E-state index contributed by atoms with van der Waals surface area (Å²) in [5, 5.41) is 0. The fourth-order valence-corrected chi connectivity index (χ4v) is 0.865. The highest BCUT2D eigenvalue weighted by Gasteiger charge is 2.13. The highest BCUT2D eigenvalue weighted by molar-refractivity contribution is 5.97. The molecule has 0 atom stereocenters. The lowest BCUT2D eigenvalue weighted by atomic mass is 10.3. The largest absolute Gasteiger partial charge is 0.479 e. The summed E-state index contributed by atoms with van der Waals surface area (Å²) in [6.45, 7) is -0.0188. The number of Topliss-reactive ketones (excluding diaryl/α,β-unsaturated/α-hetero) is 1. The van der Waals surface area contributed by atoms with Gasteiger partial charge in [-0.15, -0.1) is 0 Å². The van der Waals surface area contributed by atoms with Gasteiger partial charge < -0.3 is 9.47 Å². The summed E-state index contributed by atoms with van der Waals surface area (Å²) in [5.74, 6) is -0.0167. The van der Waals surface area contributed by atoms with Crippen LogP contribution < -0.4 is 4.74 Å². The Kier molecular flexibility index (Phi) is 3.33. The van der Waals surface area contributed by atoms with Gasteiger partial charge in [0.1, 0.15) is 6.61 Å². The van der Waals surface area contributed by atoms with Crippen LogP contribution in [0.1, 0.15) is 10.5 Å². The molecule has 5 nitrogen and oxygen atoms in total. The number of methoxy groups -OCH3 is 2. The third kappa shape index (κ3) is 2.22. The molecule has 1 rings (SSSR count). The predicted molar refractivity (Wildman–Crippen MR) is 44.8 cm³/mol. The molecule has 5 heteroatoms. The van der Waals surface area contributed by atoms with Gasteiger partial charge in [-0.3, -0.25) is 4.79 Å². The molecular formula is C8H10N2O3. The van der Waals surface area contributed by atoms with Gasteiger partial charge >= 0.3 is 0 Å². The summed E-state index contributed by atoms with van der Waals surface area (Å²) in [4.78, 5) is 19.0. The molecule has 70 valence electrons. The number of nitrogens with zero attached hydrogens (tertiary/aromatic N) is 2. The molecule has 0 N–H and O–H groups in total. The van der Waals surface area contributed by atoms with Gasteiger partial charge in [0.2, 0.25) is 11.7 Å². The molecule has 0 bridgehead atoms. The van der Waals surface area contributed by atoms with E-state index in [4.69, 9.17) is 4.74 Å². The van der Waals surface area contributed by atoms with E-state index in [1.165, 1.54) is 26.6 Å². The average Bonchev–Trinajstić information content (AvgIpc) is 2.18. The second-order valence-corrected chi connectivity index (χ2v) is 2.27. The number of hydrogen-bond acceptors (Lipinski definition) is 5. The summed E-state index contributed by atoms with van der Waals surface area (Å²) >= 11 is 0. The molecule has 0 aliphatic rings. The molecule has 0 aliphatic carbocycles. The molecule has 0 saturated heterocycles. The molecule has 1 heterocycles. The Labute approximate surface area is 75.7 Å². The van der Waals surface area contributed by atoms with Crippen LogP contribution in [0.2, 0.25) is 0 Å². The maximum atomic E-state index is 11.3. The number of hydrogen-bond donors (Lipinski definition) is 0. The van der Waals surface area contributed by atoms with Crippen LogP contribution in [-0.2, 0) is 4.74 Å². The van der Waals surface area contributed by atoms with Crippen LogP contribution in [0.3, 0.4) is 0 Å². The zero-order valence-electron chi connectivity index (χ0n) is 7.48. The van der Waals surface area contributed by atoms with Gasteiger partial charge in [-0.25, -0.2) is 9.97 Å². The van der Waals surface area contributed by atoms with Crippen molar-refractivity contribution in [3.05, 3.63) is 18.1 Å². The first-order chi connectivity index (χ1) is 6.29. The molecule has 1 aromatic rings. The summed E-state index contributed by atoms with van der Waals surface area (Å²) in [6, 6.07) is 0. The fourth-order valence-electron chi connectivity index (χ4n) is 0.865. The van der Waals surface area contributed by atoms with Crippen LogP contribution in [0.15, 0.2) is 12.4 Å². The molecule has 0 radical (unpaired) electrons. The Morgan fingerprint density at radius 3 is 2.69 bits per heavy atom. The van der Waals surface area contributed by atoms with Crippen molar-refractivity contribution in [1.29, 1.82) is 0 Å². The molecule has 1 aromatic heterocycles. The van der Waals surface area contributed by atoms with Crippen LogP contribution in [-0.4, -0.2) is 36.6 Å².